The number of esters is 1. The molecule has 2 saturated heterocycles. The summed E-state index contributed by atoms with van der Waals surface area (Å²) in [6.45, 7) is 2.03. The van der Waals surface area contributed by atoms with Crippen molar-refractivity contribution < 1.29 is 14.3 Å². The van der Waals surface area contributed by atoms with Crippen molar-refractivity contribution in [1.82, 2.24) is 4.90 Å². The average Bonchev–Trinajstić information content (AvgIpc) is 2.61. The molecule has 0 bridgehead atoms. The Morgan fingerprint density at radius 2 is 2.38 bits per heavy atom. The number of fused-ring (bicyclic) bond motifs is 1. The molecular formula is C9H15NO3. The molecule has 2 rings (SSSR count). The van der Waals surface area contributed by atoms with E-state index in [0.29, 0.717) is 13.3 Å². The van der Waals surface area contributed by atoms with Crippen molar-refractivity contribution in [3.8, 4) is 0 Å². The van der Waals surface area contributed by atoms with Gasteiger partial charge in [0, 0.05) is 6.54 Å². The van der Waals surface area contributed by atoms with E-state index in [-0.39, 0.29) is 5.97 Å². The Morgan fingerprint density at radius 1 is 1.54 bits per heavy atom. The third-order valence-corrected chi connectivity index (χ3v) is 3.03. The molecule has 1 atom stereocenters. The highest BCUT2D eigenvalue weighted by Crippen LogP contribution is 2.33. The van der Waals surface area contributed by atoms with Crippen LogP contribution < -0.4 is 0 Å². The van der Waals surface area contributed by atoms with Gasteiger partial charge in [0.15, 0.2) is 0 Å². The van der Waals surface area contributed by atoms with E-state index in [4.69, 9.17) is 9.47 Å². The van der Waals surface area contributed by atoms with Crippen LogP contribution in [0.25, 0.3) is 0 Å². The smallest absolute Gasteiger partial charge is 0.328 e. The second-order valence-corrected chi connectivity index (χ2v) is 3.72. The quantitative estimate of drug-likeness (QED) is 0.553. The van der Waals surface area contributed by atoms with Gasteiger partial charge in [-0.3, -0.25) is 4.90 Å². The molecule has 0 aliphatic carbocycles. The summed E-state index contributed by atoms with van der Waals surface area (Å²) < 4.78 is 10.2. The zero-order chi connectivity index (χ0) is 9.31. The van der Waals surface area contributed by atoms with E-state index in [1.807, 2.05) is 0 Å². The molecule has 0 aromatic carbocycles. The van der Waals surface area contributed by atoms with Crippen molar-refractivity contribution in [2.45, 2.75) is 24.8 Å². The van der Waals surface area contributed by atoms with Gasteiger partial charge in [-0.25, -0.2) is 4.79 Å². The van der Waals surface area contributed by atoms with Gasteiger partial charge in [0.25, 0.3) is 0 Å². The van der Waals surface area contributed by atoms with Crippen LogP contribution in [-0.2, 0) is 14.3 Å². The largest absolute Gasteiger partial charge is 0.468 e. The first-order valence-corrected chi connectivity index (χ1v) is 4.71. The maximum atomic E-state index is 11.6. The topological polar surface area (TPSA) is 38.8 Å². The Hall–Kier alpha value is -0.610. The Bertz CT molecular complexity index is 219. The van der Waals surface area contributed by atoms with Gasteiger partial charge < -0.3 is 9.47 Å². The third kappa shape index (κ3) is 1.25. The molecular weight excluding hydrogens is 170 g/mol. The number of hydrogen-bond donors (Lipinski definition) is 0. The van der Waals surface area contributed by atoms with Crippen molar-refractivity contribution in [1.29, 1.82) is 0 Å². The maximum Gasteiger partial charge on any atom is 0.328 e. The summed E-state index contributed by atoms with van der Waals surface area (Å²) in [7, 11) is 1.45. The first kappa shape index (κ1) is 8.97. The highest BCUT2D eigenvalue weighted by molar-refractivity contribution is 5.81. The predicted octanol–water partition coefficient (Wildman–Crippen LogP) is 0.372. The fraction of sp³-hybridized carbons (Fsp3) is 0.889. The normalized spacial score (nSPS) is 34.2. The van der Waals surface area contributed by atoms with Crippen LogP contribution >= 0.6 is 0 Å². The van der Waals surface area contributed by atoms with Gasteiger partial charge in [0.2, 0.25) is 0 Å². The summed E-state index contributed by atoms with van der Waals surface area (Å²) >= 11 is 0. The number of hydrogen-bond acceptors (Lipinski definition) is 4. The number of rotatable bonds is 1. The number of piperidine rings is 1. The van der Waals surface area contributed by atoms with Crippen LogP contribution in [0.2, 0.25) is 0 Å². The fourth-order valence-corrected chi connectivity index (χ4v) is 2.25. The van der Waals surface area contributed by atoms with Crippen molar-refractivity contribution >= 4 is 5.97 Å². The first-order chi connectivity index (χ1) is 6.29. The lowest BCUT2D eigenvalue weighted by atomic mass is 9.88. The third-order valence-electron chi connectivity index (χ3n) is 3.03. The van der Waals surface area contributed by atoms with Gasteiger partial charge in [0.1, 0.15) is 12.3 Å². The maximum absolute atomic E-state index is 11.6. The molecule has 0 saturated carbocycles. The number of nitrogens with zero attached hydrogens (tertiary/aromatic N) is 1. The molecule has 4 nitrogen and oxygen atoms in total. The summed E-state index contributed by atoms with van der Waals surface area (Å²) in [6, 6.07) is 0. The number of carbonyl (C=O) groups excluding carboxylic acids is 1. The minimum absolute atomic E-state index is 0.135. The summed E-state index contributed by atoms with van der Waals surface area (Å²) in [5.41, 5.74) is -0.451. The molecule has 13 heavy (non-hydrogen) atoms. The summed E-state index contributed by atoms with van der Waals surface area (Å²) in [5, 5.41) is 0. The highest BCUT2D eigenvalue weighted by Gasteiger charge is 2.50. The molecule has 0 aromatic heterocycles. The number of methoxy groups -OCH3 is 1. The van der Waals surface area contributed by atoms with Crippen molar-refractivity contribution in [2.75, 3.05) is 27.0 Å². The van der Waals surface area contributed by atoms with Crippen LogP contribution in [0.3, 0.4) is 0 Å². The van der Waals surface area contributed by atoms with Gasteiger partial charge >= 0.3 is 5.97 Å². The van der Waals surface area contributed by atoms with Gasteiger partial charge in [-0.05, 0) is 19.3 Å². The molecule has 0 N–H and O–H groups in total. The minimum atomic E-state index is -0.451. The zero-order valence-corrected chi connectivity index (χ0v) is 7.91. The predicted molar refractivity (Wildman–Crippen MR) is 46.1 cm³/mol. The molecule has 0 spiro atoms. The minimum Gasteiger partial charge on any atom is -0.468 e. The molecule has 0 aromatic rings. The molecule has 4 heteroatoms. The van der Waals surface area contributed by atoms with E-state index in [9.17, 15) is 4.79 Å². The van der Waals surface area contributed by atoms with Crippen LogP contribution in [-0.4, -0.2) is 43.4 Å². The molecule has 74 valence electrons. The van der Waals surface area contributed by atoms with Crippen LogP contribution in [0.5, 0.6) is 0 Å². The van der Waals surface area contributed by atoms with Crippen LogP contribution in [0, 0.1) is 0 Å². The van der Waals surface area contributed by atoms with E-state index in [1.165, 1.54) is 7.11 Å². The van der Waals surface area contributed by atoms with E-state index >= 15 is 0 Å². The van der Waals surface area contributed by atoms with Crippen LogP contribution in [0.4, 0.5) is 0 Å². The van der Waals surface area contributed by atoms with E-state index in [2.05, 4.69) is 4.90 Å². The Balaban J connectivity index is 2.20. The van der Waals surface area contributed by atoms with Gasteiger partial charge in [-0.1, -0.05) is 0 Å². The number of carbonyl (C=O) groups is 1. The second kappa shape index (κ2) is 3.27. The lowest BCUT2D eigenvalue weighted by molar-refractivity contribution is -0.154. The van der Waals surface area contributed by atoms with Gasteiger partial charge in [0.05, 0.1) is 13.7 Å². The Kier molecular flexibility index (Phi) is 2.26. The Morgan fingerprint density at radius 3 is 3.15 bits per heavy atom. The zero-order valence-electron chi connectivity index (χ0n) is 7.91. The lowest BCUT2D eigenvalue weighted by Gasteiger charge is -2.37. The van der Waals surface area contributed by atoms with Crippen LogP contribution in [0.1, 0.15) is 19.3 Å². The SMILES string of the molecule is COC(=O)C12CCCCN1COC2. The van der Waals surface area contributed by atoms with E-state index in [1.54, 1.807) is 0 Å². The fourth-order valence-electron chi connectivity index (χ4n) is 2.25. The molecule has 2 aliphatic heterocycles. The Labute approximate surface area is 77.8 Å². The summed E-state index contributed by atoms with van der Waals surface area (Å²) in [5.74, 6) is -0.135. The highest BCUT2D eigenvalue weighted by atomic mass is 16.5. The molecule has 0 amide bonds. The van der Waals surface area contributed by atoms with E-state index < -0.39 is 5.54 Å². The van der Waals surface area contributed by atoms with Gasteiger partial charge in [-0.2, -0.15) is 0 Å². The van der Waals surface area contributed by atoms with Crippen molar-refractivity contribution in [3.05, 3.63) is 0 Å². The van der Waals surface area contributed by atoms with Crippen molar-refractivity contribution in [2.24, 2.45) is 0 Å². The van der Waals surface area contributed by atoms with E-state index in [0.717, 1.165) is 25.8 Å². The summed E-state index contributed by atoms with van der Waals surface area (Å²) in [6.07, 6.45) is 3.12. The lowest BCUT2D eigenvalue weighted by Crippen LogP contribution is -2.55. The molecule has 0 radical (unpaired) electrons. The molecule has 2 heterocycles. The average molecular weight is 185 g/mol. The van der Waals surface area contributed by atoms with Crippen LogP contribution in [0.15, 0.2) is 0 Å². The summed E-state index contributed by atoms with van der Waals surface area (Å²) in [4.78, 5) is 13.7. The standard InChI is InChI=1S/C9H15NO3/c1-12-8(11)9-4-2-3-5-10(9)7-13-6-9/h2-7H2,1H3. The van der Waals surface area contributed by atoms with Crippen molar-refractivity contribution in [3.63, 3.8) is 0 Å². The molecule has 2 fully saturated rings. The first-order valence-electron chi connectivity index (χ1n) is 4.71. The second-order valence-electron chi connectivity index (χ2n) is 3.72. The molecule has 2 aliphatic rings. The van der Waals surface area contributed by atoms with Gasteiger partial charge in [-0.15, -0.1) is 0 Å². The number of ether oxygens (including phenoxy) is 2. The molecule has 1 unspecified atom stereocenters. The monoisotopic (exact) mass is 185 g/mol.